The average molecular weight is 364 g/mol. The van der Waals surface area contributed by atoms with Gasteiger partial charge in [0.25, 0.3) is 0 Å². The Morgan fingerprint density at radius 2 is 1.88 bits per heavy atom. The lowest BCUT2D eigenvalue weighted by atomic mass is 9.95. The number of methoxy groups -OCH3 is 1. The van der Waals surface area contributed by atoms with Crippen molar-refractivity contribution in [3.8, 4) is 0 Å². The van der Waals surface area contributed by atoms with Gasteiger partial charge in [-0.25, -0.2) is 9.97 Å². The van der Waals surface area contributed by atoms with E-state index in [9.17, 15) is 5.11 Å². The quantitative estimate of drug-likeness (QED) is 0.814. The van der Waals surface area contributed by atoms with E-state index in [1.54, 1.807) is 26.2 Å². The monoisotopic (exact) mass is 363 g/mol. The number of nitrogens with zero attached hydrogens (tertiary/aromatic N) is 2. The third-order valence-electron chi connectivity index (χ3n) is 3.80. The summed E-state index contributed by atoms with van der Waals surface area (Å²) < 4.78 is 5.20. The van der Waals surface area contributed by atoms with Gasteiger partial charge in [-0.05, 0) is 24.6 Å². The number of halogens is 1. The molecule has 1 unspecified atom stereocenters. The van der Waals surface area contributed by atoms with Crippen LogP contribution in [-0.2, 0) is 22.4 Å². The van der Waals surface area contributed by atoms with Crippen molar-refractivity contribution in [2.75, 3.05) is 19.0 Å². The number of rotatable bonds is 6. The highest BCUT2D eigenvalue weighted by molar-refractivity contribution is 6.30. The number of hydrogen-bond donors (Lipinski definition) is 2. The standard InChI is InChI=1S/C19H26ClN3O2/c1-18(2,3)17-22-15(11-25-5)10-16(23-17)21-12-19(4,24)13-7-6-8-14(20)9-13/h6-10,24H,11-12H2,1-5H3,(H,21,22,23). The normalized spacial score (nSPS) is 14.2. The van der Waals surface area contributed by atoms with Gasteiger partial charge in [-0.1, -0.05) is 44.5 Å². The highest BCUT2D eigenvalue weighted by Crippen LogP contribution is 2.25. The maximum Gasteiger partial charge on any atom is 0.136 e. The molecule has 0 aliphatic heterocycles. The fraction of sp³-hybridized carbons (Fsp3) is 0.474. The van der Waals surface area contributed by atoms with Gasteiger partial charge < -0.3 is 15.2 Å². The highest BCUT2D eigenvalue weighted by atomic mass is 35.5. The van der Waals surface area contributed by atoms with Gasteiger partial charge in [0.05, 0.1) is 12.3 Å². The number of nitrogens with one attached hydrogen (secondary N) is 1. The second-order valence-corrected chi connectivity index (χ2v) is 7.83. The summed E-state index contributed by atoms with van der Waals surface area (Å²) in [5.41, 5.74) is 0.275. The molecule has 0 spiro atoms. The lowest BCUT2D eigenvalue weighted by Gasteiger charge is -2.25. The van der Waals surface area contributed by atoms with E-state index in [2.05, 4.69) is 36.1 Å². The molecule has 2 N–H and O–H groups in total. The zero-order valence-corrected chi connectivity index (χ0v) is 16.2. The molecule has 0 saturated heterocycles. The van der Waals surface area contributed by atoms with Crippen LogP contribution >= 0.6 is 11.6 Å². The summed E-state index contributed by atoms with van der Waals surface area (Å²) in [5.74, 6) is 1.39. The van der Waals surface area contributed by atoms with Crippen LogP contribution in [0.4, 0.5) is 5.82 Å². The lowest BCUT2D eigenvalue weighted by molar-refractivity contribution is 0.0714. The van der Waals surface area contributed by atoms with Crippen LogP contribution in [0.15, 0.2) is 30.3 Å². The first-order valence-corrected chi connectivity index (χ1v) is 8.59. The molecule has 0 fully saturated rings. The van der Waals surface area contributed by atoms with Crippen LogP contribution in [0.3, 0.4) is 0 Å². The van der Waals surface area contributed by atoms with Gasteiger partial charge >= 0.3 is 0 Å². The average Bonchev–Trinajstić information content (AvgIpc) is 2.52. The molecule has 0 aliphatic rings. The van der Waals surface area contributed by atoms with Crippen molar-refractivity contribution in [1.82, 2.24) is 9.97 Å². The fourth-order valence-electron chi connectivity index (χ4n) is 2.33. The van der Waals surface area contributed by atoms with Crippen molar-refractivity contribution < 1.29 is 9.84 Å². The van der Waals surface area contributed by atoms with Crippen molar-refractivity contribution in [3.05, 3.63) is 52.4 Å². The number of hydrogen-bond acceptors (Lipinski definition) is 5. The van der Waals surface area contributed by atoms with E-state index in [-0.39, 0.29) is 5.41 Å². The largest absolute Gasteiger partial charge is 0.384 e. The first-order valence-electron chi connectivity index (χ1n) is 8.21. The Morgan fingerprint density at radius 3 is 2.48 bits per heavy atom. The minimum absolute atomic E-state index is 0.185. The predicted octanol–water partition coefficient (Wildman–Crippen LogP) is 3.89. The van der Waals surface area contributed by atoms with Crippen LogP contribution in [0, 0.1) is 0 Å². The van der Waals surface area contributed by atoms with Crippen LogP contribution in [0.25, 0.3) is 0 Å². The molecule has 1 aromatic carbocycles. The first kappa shape index (κ1) is 19.6. The molecular formula is C19H26ClN3O2. The van der Waals surface area contributed by atoms with E-state index in [4.69, 9.17) is 16.3 Å². The zero-order chi connectivity index (χ0) is 18.7. The summed E-state index contributed by atoms with van der Waals surface area (Å²) in [7, 11) is 1.63. The first-order chi connectivity index (χ1) is 11.6. The molecular weight excluding hydrogens is 338 g/mol. The summed E-state index contributed by atoms with van der Waals surface area (Å²) >= 11 is 6.03. The van der Waals surface area contributed by atoms with Crippen LogP contribution in [0.2, 0.25) is 5.02 Å². The molecule has 1 aromatic heterocycles. The molecule has 2 rings (SSSR count). The minimum Gasteiger partial charge on any atom is -0.384 e. The van der Waals surface area contributed by atoms with Gasteiger partial charge in [-0.3, -0.25) is 0 Å². The summed E-state index contributed by atoms with van der Waals surface area (Å²) in [6.07, 6.45) is 0. The Bertz CT molecular complexity index is 727. The molecule has 0 aliphatic carbocycles. The molecule has 1 atom stereocenters. The van der Waals surface area contributed by atoms with E-state index < -0.39 is 5.60 Å². The van der Waals surface area contributed by atoms with Crippen LogP contribution in [0.1, 0.15) is 44.8 Å². The fourth-order valence-corrected chi connectivity index (χ4v) is 2.52. The van der Waals surface area contributed by atoms with Crippen molar-refractivity contribution in [2.24, 2.45) is 0 Å². The van der Waals surface area contributed by atoms with E-state index >= 15 is 0 Å². The molecule has 0 bridgehead atoms. The Labute approximate surface area is 154 Å². The Balaban J connectivity index is 2.23. The van der Waals surface area contributed by atoms with Crippen molar-refractivity contribution >= 4 is 17.4 Å². The van der Waals surface area contributed by atoms with Crippen LogP contribution in [0.5, 0.6) is 0 Å². The number of aliphatic hydroxyl groups is 1. The van der Waals surface area contributed by atoms with Gasteiger partial charge in [0.1, 0.15) is 17.2 Å². The van der Waals surface area contributed by atoms with Crippen molar-refractivity contribution in [1.29, 1.82) is 0 Å². The summed E-state index contributed by atoms with van der Waals surface area (Å²) in [6.45, 7) is 8.62. The number of ether oxygens (including phenoxy) is 1. The molecule has 5 nitrogen and oxygen atoms in total. The third-order valence-corrected chi connectivity index (χ3v) is 4.04. The number of anilines is 1. The maximum atomic E-state index is 10.8. The molecule has 6 heteroatoms. The Morgan fingerprint density at radius 1 is 1.16 bits per heavy atom. The van der Waals surface area contributed by atoms with Gasteiger partial charge in [-0.15, -0.1) is 0 Å². The SMILES string of the molecule is COCc1cc(NCC(C)(O)c2cccc(Cl)c2)nc(C(C)(C)C)n1. The predicted molar refractivity (Wildman–Crippen MR) is 101 cm³/mol. The van der Waals surface area contributed by atoms with Gasteiger partial charge in [-0.2, -0.15) is 0 Å². The molecule has 0 saturated carbocycles. The molecule has 2 aromatic rings. The van der Waals surface area contributed by atoms with Gasteiger partial charge in [0.15, 0.2) is 0 Å². The van der Waals surface area contributed by atoms with Crippen LogP contribution in [-0.4, -0.2) is 28.7 Å². The maximum absolute atomic E-state index is 10.8. The van der Waals surface area contributed by atoms with Crippen molar-refractivity contribution in [2.45, 2.75) is 45.3 Å². The lowest BCUT2D eigenvalue weighted by Crippen LogP contribution is -2.31. The zero-order valence-electron chi connectivity index (χ0n) is 15.4. The third kappa shape index (κ3) is 5.39. The second kappa shape index (κ2) is 7.68. The highest BCUT2D eigenvalue weighted by Gasteiger charge is 2.24. The van der Waals surface area contributed by atoms with Crippen molar-refractivity contribution in [3.63, 3.8) is 0 Å². The second-order valence-electron chi connectivity index (χ2n) is 7.39. The summed E-state index contributed by atoms with van der Waals surface area (Å²) in [5, 5.41) is 14.6. The smallest absolute Gasteiger partial charge is 0.136 e. The molecule has 0 radical (unpaired) electrons. The summed E-state index contributed by atoms with van der Waals surface area (Å²) in [4.78, 5) is 9.14. The molecule has 136 valence electrons. The van der Waals surface area contributed by atoms with E-state index in [1.165, 1.54) is 0 Å². The molecule has 0 amide bonds. The Kier molecular flexibility index (Phi) is 6.03. The van der Waals surface area contributed by atoms with E-state index in [0.717, 1.165) is 17.1 Å². The minimum atomic E-state index is -1.08. The van der Waals surface area contributed by atoms with E-state index in [0.29, 0.717) is 24.0 Å². The summed E-state index contributed by atoms with van der Waals surface area (Å²) in [6, 6.07) is 9.06. The topological polar surface area (TPSA) is 67.3 Å². The Hall–Kier alpha value is -1.69. The number of aromatic nitrogens is 2. The van der Waals surface area contributed by atoms with Gasteiger partial charge in [0.2, 0.25) is 0 Å². The van der Waals surface area contributed by atoms with Gasteiger partial charge in [0, 0.05) is 30.2 Å². The molecule has 1 heterocycles. The van der Waals surface area contributed by atoms with Crippen LogP contribution < -0.4 is 5.32 Å². The molecule has 25 heavy (non-hydrogen) atoms. The van der Waals surface area contributed by atoms with E-state index in [1.807, 2.05) is 18.2 Å². The number of benzene rings is 1.